The first-order valence-electron chi connectivity index (χ1n) is 7.79. The van der Waals surface area contributed by atoms with Gasteiger partial charge in [0.25, 0.3) is 0 Å². The number of benzene rings is 1. The second kappa shape index (κ2) is 9.14. The monoisotopic (exact) mass is 358 g/mol. The molecule has 1 aromatic carbocycles. The van der Waals surface area contributed by atoms with Gasteiger partial charge >= 0.3 is 0 Å². The van der Waals surface area contributed by atoms with Gasteiger partial charge in [0.05, 0.1) is 0 Å². The molecule has 23 heavy (non-hydrogen) atoms. The lowest BCUT2D eigenvalue weighted by atomic mass is 9.91. The Morgan fingerprint density at radius 3 is 2.26 bits per heavy atom. The van der Waals surface area contributed by atoms with Crippen LogP contribution in [0.5, 0.6) is 0 Å². The van der Waals surface area contributed by atoms with Crippen molar-refractivity contribution in [3.63, 3.8) is 0 Å². The molecule has 0 unspecified atom stereocenters. The standard InChI is InChI=1S/C17H24Cl2N2O2/c1-4-5-9-20-15(22)17(2,3)16(23)21-10-8-12-6-7-13(18)11-14(12)19/h6-7,11H,4-5,8-10H2,1-3H3,(H,20,22)(H,21,23). The molecule has 128 valence electrons. The van der Waals surface area contributed by atoms with Crippen LogP contribution in [0.2, 0.25) is 10.0 Å². The lowest BCUT2D eigenvalue weighted by Gasteiger charge is -2.22. The van der Waals surface area contributed by atoms with Gasteiger partial charge in [0.1, 0.15) is 5.41 Å². The predicted molar refractivity (Wildman–Crippen MR) is 94.9 cm³/mol. The maximum absolute atomic E-state index is 12.2. The van der Waals surface area contributed by atoms with Crippen molar-refractivity contribution in [1.82, 2.24) is 10.6 Å². The molecule has 1 rings (SSSR count). The average Bonchev–Trinajstić information content (AvgIpc) is 2.49. The summed E-state index contributed by atoms with van der Waals surface area (Å²) in [5.41, 5.74) is -0.195. The highest BCUT2D eigenvalue weighted by Crippen LogP contribution is 2.21. The van der Waals surface area contributed by atoms with Crippen molar-refractivity contribution in [3.8, 4) is 0 Å². The Bertz CT molecular complexity index is 560. The fourth-order valence-electron chi connectivity index (χ4n) is 1.96. The van der Waals surface area contributed by atoms with E-state index in [1.807, 2.05) is 13.0 Å². The largest absolute Gasteiger partial charge is 0.355 e. The van der Waals surface area contributed by atoms with E-state index in [1.165, 1.54) is 0 Å². The van der Waals surface area contributed by atoms with Gasteiger partial charge in [0.2, 0.25) is 11.8 Å². The Labute approximate surface area is 147 Å². The number of hydrogen-bond donors (Lipinski definition) is 2. The summed E-state index contributed by atoms with van der Waals surface area (Å²) in [7, 11) is 0. The van der Waals surface area contributed by atoms with Crippen molar-refractivity contribution >= 4 is 35.0 Å². The third kappa shape index (κ3) is 6.04. The Morgan fingerprint density at radius 1 is 1.09 bits per heavy atom. The molecule has 0 saturated carbocycles. The number of nitrogens with one attached hydrogen (secondary N) is 2. The van der Waals surface area contributed by atoms with Crippen LogP contribution >= 0.6 is 23.2 Å². The van der Waals surface area contributed by atoms with Crippen molar-refractivity contribution in [2.24, 2.45) is 5.41 Å². The zero-order valence-corrected chi connectivity index (χ0v) is 15.4. The van der Waals surface area contributed by atoms with E-state index in [0.717, 1.165) is 18.4 Å². The molecule has 0 radical (unpaired) electrons. The SMILES string of the molecule is CCCCNC(=O)C(C)(C)C(=O)NCCc1ccc(Cl)cc1Cl. The lowest BCUT2D eigenvalue weighted by molar-refractivity contribution is -0.141. The van der Waals surface area contributed by atoms with E-state index in [2.05, 4.69) is 10.6 Å². The first-order chi connectivity index (χ1) is 10.8. The molecular weight excluding hydrogens is 335 g/mol. The zero-order chi connectivity index (χ0) is 17.5. The van der Waals surface area contributed by atoms with E-state index in [-0.39, 0.29) is 11.8 Å². The third-order valence-electron chi connectivity index (χ3n) is 3.65. The first-order valence-corrected chi connectivity index (χ1v) is 8.55. The summed E-state index contributed by atoms with van der Waals surface area (Å²) in [5, 5.41) is 6.73. The van der Waals surface area contributed by atoms with Crippen LogP contribution in [0.3, 0.4) is 0 Å². The Hall–Kier alpha value is -1.26. The molecule has 6 heteroatoms. The van der Waals surface area contributed by atoms with Gasteiger partial charge in [0.15, 0.2) is 0 Å². The van der Waals surface area contributed by atoms with Crippen molar-refractivity contribution in [1.29, 1.82) is 0 Å². The minimum absolute atomic E-state index is 0.257. The molecule has 2 amide bonds. The molecule has 1 aromatic rings. The molecule has 0 fully saturated rings. The maximum Gasteiger partial charge on any atom is 0.235 e. The minimum atomic E-state index is -1.10. The molecule has 0 aliphatic rings. The van der Waals surface area contributed by atoms with Crippen LogP contribution in [0, 0.1) is 5.41 Å². The van der Waals surface area contributed by atoms with Gasteiger partial charge in [-0.2, -0.15) is 0 Å². The van der Waals surface area contributed by atoms with Gasteiger partial charge in [-0.15, -0.1) is 0 Å². The molecule has 4 nitrogen and oxygen atoms in total. The van der Waals surface area contributed by atoms with Crippen LogP contribution in [0.1, 0.15) is 39.2 Å². The number of amides is 2. The molecule has 0 aliphatic heterocycles. The minimum Gasteiger partial charge on any atom is -0.355 e. The lowest BCUT2D eigenvalue weighted by Crippen LogP contribution is -2.48. The molecule has 0 heterocycles. The van der Waals surface area contributed by atoms with Gasteiger partial charge < -0.3 is 10.6 Å². The topological polar surface area (TPSA) is 58.2 Å². The Morgan fingerprint density at radius 2 is 1.70 bits per heavy atom. The van der Waals surface area contributed by atoms with E-state index in [1.54, 1.807) is 26.0 Å². The van der Waals surface area contributed by atoms with Gasteiger partial charge in [-0.25, -0.2) is 0 Å². The number of carbonyl (C=O) groups is 2. The van der Waals surface area contributed by atoms with Crippen LogP contribution in [0.4, 0.5) is 0 Å². The summed E-state index contributed by atoms with van der Waals surface area (Å²) in [6, 6.07) is 5.26. The average molecular weight is 359 g/mol. The van der Waals surface area contributed by atoms with Gasteiger partial charge in [0, 0.05) is 23.1 Å². The van der Waals surface area contributed by atoms with E-state index in [0.29, 0.717) is 29.6 Å². The molecule has 0 saturated heterocycles. The Kier molecular flexibility index (Phi) is 7.86. The normalized spacial score (nSPS) is 11.2. The maximum atomic E-state index is 12.2. The number of rotatable bonds is 8. The van der Waals surface area contributed by atoms with Gasteiger partial charge in [-0.3, -0.25) is 9.59 Å². The summed E-state index contributed by atoms with van der Waals surface area (Å²) >= 11 is 11.9. The highest BCUT2D eigenvalue weighted by molar-refractivity contribution is 6.35. The van der Waals surface area contributed by atoms with Crippen molar-refractivity contribution < 1.29 is 9.59 Å². The second-order valence-electron chi connectivity index (χ2n) is 5.98. The molecule has 0 spiro atoms. The quantitative estimate of drug-likeness (QED) is 0.550. The fraction of sp³-hybridized carbons (Fsp3) is 0.529. The molecule has 0 aliphatic carbocycles. The summed E-state index contributed by atoms with van der Waals surface area (Å²) in [4.78, 5) is 24.3. The fourth-order valence-corrected chi connectivity index (χ4v) is 2.46. The van der Waals surface area contributed by atoms with Crippen LogP contribution in [0.15, 0.2) is 18.2 Å². The molecule has 0 aromatic heterocycles. The number of halogens is 2. The van der Waals surface area contributed by atoms with Crippen LogP contribution in [-0.4, -0.2) is 24.9 Å². The van der Waals surface area contributed by atoms with Gasteiger partial charge in [-0.1, -0.05) is 42.6 Å². The van der Waals surface area contributed by atoms with Crippen molar-refractivity contribution in [2.75, 3.05) is 13.1 Å². The first kappa shape index (κ1) is 19.8. The van der Waals surface area contributed by atoms with Crippen molar-refractivity contribution in [3.05, 3.63) is 33.8 Å². The number of unbranched alkanes of at least 4 members (excludes halogenated alkanes) is 1. The van der Waals surface area contributed by atoms with Crippen LogP contribution in [0.25, 0.3) is 0 Å². The zero-order valence-electron chi connectivity index (χ0n) is 13.8. The Balaban J connectivity index is 2.49. The molecule has 0 bridgehead atoms. The smallest absolute Gasteiger partial charge is 0.235 e. The van der Waals surface area contributed by atoms with Crippen LogP contribution in [-0.2, 0) is 16.0 Å². The molecular formula is C17H24Cl2N2O2. The summed E-state index contributed by atoms with van der Waals surface area (Å²) in [5.74, 6) is -0.551. The highest BCUT2D eigenvalue weighted by Gasteiger charge is 2.35. The summed E-state index contributed by atoms with van der Waals surface area (Å²) in [6.45, 7) is 6.29. The number of hydrogen-bond acceptors (Lipinski definition) is 2. The molecule has 0 atom stereocenters. The summed E-state index contributed by atoms with van der Waals surface area (Å²) < 4.78 is 0. The van der Waals surface area contributed by atoms with E-state index in [4.69, 9.17) is 23.2 Å². The van der Waals surface area contributed by atoms with Gasteiger partial charge in [-0.05, 0) is 44.4 Å². The van der Waals surface area contributed by atoms with E-state index in [9.17, 15) is 9.59 Å². The molecule has 2 N–H and O–H groups in total. The highest BCUT2D eigenvalue weighted by atomic mass is 35.5. The summed E-state index contributed by atoms with van der Waals surface area (Å²) in [6.07, 6.45) is 2.47. The van der Waals surface area contributed by atoms with Crippen molar-refractivity contribution in [2.45, 2.75) is 40.0 Å². The van der Waals surface area contributed by atoms with Crippen LogP contribution < -0.4 is 10.6 Å². The third-order valence-corrected chi connectivity index (χ3v) is 4.23. The predicted octanol–water partition coefficient (Wildman–Crippen LogP) is 3.59. The van der Waals surface area contributed by atoms with E-state index < -0.39 is 5.41 Å². The number of carbonyl (C=O) groups excluding carboxylic acids is 2. The second-order valence-corrected chi connectivity index (χ2v) is 6.82. The van der Waals surface area contributed by atoms with E-state index >= 15 is 0 Å².